The molecule has 1 aromatic heterocycles. The molecule has 0 unspecified atom stereocenters. The molecule has 0 aliphatic heterocycles. The summed E-state index contributed by atoms with van der Waals surface area (Å²) in [6, 6.07) is 5.05. The predicted octanol–water partition coefficient (Wildman–Crippen LogP) is 1.63. The zero-order valence-electron chi connectivity index (χ0n) is 9.34. The molecule has 1 heterocycles. The summed E-state index contributed by atoms with van der Waals surface area (Å²) in [4.78, 5) is 16.7. The molecular weight excluding hydrogens is 204 g/mol. The first-order chi connectivity index (χ1) is 7.56. The van der Waals surface area contributed by atoms with Gasteiger partial charge in [0.1, 0.15) is 5.82 Å². The molecule has 4 nitrogen and oxygen atoms in total. The molecule has 0 bridgehead atoms. The zero-order valence-corrected chi connectivity index (χ0v) is 9.34. The molecule has 16 heavy (non-hydrogen) atoms. The first-order valence-corrected chi connectivity index (χ1v) is 4.96. The lowest BCUT2D eigenvalue weighted by atomic mass is 10.3. The second kappa shape index (κ2) is 5.17. The molecule has 0 aromatic carbocycles. The van der Waals surface area contributed by atoms with Crippen LogP contribution in [0.15, 0.2) is 18.2 Å². The summed E-state index contributed by atoms with van der Waals surface area (Å²) >= 11 is 0. The summed E-state index contributed by atoms with van der Waals surface area (Å²) in [6.07, 6.45) is 5.27. The molecule has 0 amide bonds. The van der Waals surface area contributed by atoms with Crippen LogP contribution < -0.4 is 4.90 Å². The van der Waals surface area contributed by atoms with Crippen LogP contribution in [0.3, 0.4) is 0 Å². The average Bonchev–Trinajstić information content (AvgIpc) is 2.25. The second-order valence-corrected chi connectivity index (χ2v) is 3.61. The van der Waals surface area contributed by atoms with Crippen molar-refractivity contribution in [3.05, 3.63) is 23.9 Å². The van der Waals surface area contributed by atoms with E-state index in [0.717, 1.165) is 0 Å². The number of hydrogen-bond acceptors (Lipinski definition) is 3. The summed E-state index contributed by atoms with van der Waals surface area (Å²) in [5.74, 6) is 2.09. The van der Waals surface area contributed by atoms with E-state index >= 15 is 0 Å². The Labute approximate surface area is 94.9 Å². The number of anilines is 1. The third-order valence-electron chi connectivity index (χ3n) is 2.13. The summed E-state index contributed by atoms with van der Waals surface area (Å²) in [7, 11) is 0. The Kier molecular flexibility index (Phi) is 3.90. The molecular formula is C12H14N2O2. The van der Waals surface area contributed by atoms with Crippen molar-refractivity contribution >= 4 is 11.8 Å². The second-order valence-electron chi connectivity index (χ2n) is 3.61. The van der Waals surface area contributed by atoms with Gasteiger partial charge in [-0.1, -0.05) is 12.0 Å². The van der Waals surface area contributed by atoms with E-state index in [1.807, 2.05) is 18.7 Å². The number of aromatic carboxylic acids is 1. The maximum Gasteiger partial charge on any atom is 0.354 e. The third-order valence-corrected chi connectivity index (χ3v) is 2.13. The average molecular weight is 218 g/mol. The Balaban J connectivity index is 3.06. The first kappa shape index (κ1) is 12.1. The van der Waals surface area contributed by atoms with Gasteiger partial charge in [-0.2, -0.15) is 0 Å². The van der Waals surface area contributed by atoms with Gasteiger partial charge in [0.15, 0.2) is 5.69 Å². The van der Waals surface area contributed by atoms with E-state index in [0.29, 0.717) is 12.4 Å². The van der Waals surface area contributed by atoms with Gasteiger partial charge in [0.05, 0.1) is 6.54 Å². The Morgan fingerprint density at radius 1 is 1.62 bits per heavy atom. The van der Waals surface area contributed by atoms with Crippen LogP contribution in [-0.4, -0.2) is 28.6 Å². The van der Waals surface area contributed by atoms with Gasteiger partial charge < -0.3 is 10.0 Å². The third kappa shape index (κ3) is 2.74. The molecule has 1 N–H and O–H groups in total. The standard InChI is InChI=1S/C12H14N2O2/c1-4-8-14(9(2)3)11-7-5-6-10(13-11)12(15)16/h1,5-7,9H,8H2,2-3H3,(H,15,16). The van der Waals surface area contributed by atoms with E-state index < -0.39 is 5.97 Å². The fraction of sp³-hybridized carbons (Fsp3) is 0.333. The van der Waals surface area contributed by atoms with Crippen molar-refractivity contribution in [1.82, 2.24) is 4.98 Å². The molecule has 0 aliphatic rings. The van der Waals surface area contributed by atoms with Crippen molar-refractivity contribution in [1.29, 1.82) is 0 Å². The fourth-order valence-electron chi connectivity index (χ4n) is 1.33. The lowest BCUT2D eigenvalue weighted by Gasteiger charge is -2.25. The first-order valence-electron chi connectivity index (χ1n) is 4.96. The minimum atomic E-state index is -1.04. The fourth-order valence-corrected chi connectivity index (χ4v) is 1.33. The Morgan fingerprint density at radius 2 is 2.31 bits per heavy atom. The lowest BCUT2D eigenvalue weighted by molar-refractivity contribution is 0.0690. The van der Waals surface area contributed by atoms with Gasteiger partial charge in [-0.15, -0.1) is 6.42 Å². The van der Waals surface area contributed by atoms with Gasteiger partial charge >= 0.3 is 5.97 Å². The topological polar surface area (TPSA) is 53.4 Å². The number of nitrogens with zero attached hydrogens (tertiary/aromatic N) is 2. The molecule has 0 radical (unpaired) electrons. The molecule has 0 aliphatic carbocycles. The summed E-state index contributed by atoms with van der Waals surface area (Å²) in [6.45, 7) is 4.37. The van der Waals surface area contributed by atoms with Crippen molar-refractivity contribution in [3.63, 3.8) is 0 Å². The van der Waals surface area contributed by atoms with Crippen LogP contribution in [0, 0.1) is 12.3 Å². The largest absolute Gasteiger partial charge is 0.477 e. The van der Waals surface area contributed by atoms with Gasteiger partial charge in [0, 0.05) is 6.04 Å². The summed E-state index contributed by atoms with van der Waals surface area (Å²) < 4.78 is 0. The van der Waals surface area contributed by atoms with Gasteiger partial charge in [-0.05, 0) is 26.0 Å². The molecule has 0 fully saturated rings. The van der Waals surface area contributed by atoms with Crippen LogP contribution >= 0.6 is 0 Å². The summed E-state index contributed by atoms with van der Waals surface area (Å²) in [5.41, 5.74) is 0.0279. The van der Waals surface area contributed by atoms with Crippen LogP contribution in [0.2, 0.25) is 0 Å². The number of carbonyl (C=O) groups is 1. The highest BCUT2D eigenvalue weighted by atomic mass is 16.4. The smallest absolute Gasteiger partial charge is 0.354 e. The molecule has 0 saturated carbocycles. The normalized spacial score (nSPS) is 9.88. The van der Waals surface area contributed by atoms with E-state index in [-0.39, 0.29) is 11.7 Å². The van der Waals surface area contributed by atoms with E-state index in [4.69, 9.17) is 11.5 Å². The minimum absolute atomic E-state index is 0.0279. The summed E-state index contributed by atoms with van der Waals surface area (Å²) in [5, 5.41) is 8.84. The maximum absolute atomic E-state index is 10.8. The molecule has 0 spiro atoms. The van der Waals surface area contributed by atoms with Crippen LogP contribution in [0.1, 0.15) is 24.3 Å². The Hall–Kier alpha value is -2.02. The van der Waals surface area contributed by atoms with E-state index in [9.17, 15) is 4.79 Å². The Morgan fingerprint density at radius 3 is 2.81 bits per heavy atom. The van der Waals surface area contributed by atoms with Crippen molar-refractivity contribution in [2.75, 3.05) is 11.4 Å². The molecule has 0 atom stereocenters. The number of carboxylic acids is 1. The lowest BCUT2D eigenvalue weighted by Crippen LogP contribution is -2.32. The van der Waals surface area contributed by atoms with E-state index in [2.05, 4.69) is 10.9 Å². The van der Waals surface area contributed by atoms with Crippen LogP contribution in [0.5, 0.6) is 0 Å². The van der Waals surface area contributed by atoms with Crippen molar-refractivity contribution in [2.45, 2.75) is 19.9 Å². The van der Waals surface area contributed by atoms with Crippen molar-refractivity contribution in [3.8, 4) is 12.3 Å². The van der Waals surface area contributed by atoms with Crippen molar-refractivity contribution < 1.29 is 9.90 Å². The number of aromatic nitrogens is 1. The Bertz CT molecular complexity index is 421. The number of carboxylic acid groups (broad SMARTS) is 1. The molecule has 1 aromatic rings. The SMILES string of the molecule is C#CCN(c1cccc(C(=O)O)n1)C(C)C. The number of pyridine rings is 1. The highest BCUT2D eigenvalue weighted by Crippen LogP contribution is 2.14. The molecule has 4 heteroatoms. The highest BCUT2D eigenvalue weighted by molar-refractivity contribution is 5.85. The van der Waals surface area contributed by atoms with E-state index in [1.54, 1.807) is 12.1 Å². The van der Waals surface area contributed by atoms with Gasteiger partial charge in [0.2, 0.25) is 0 Å². The van der Waals surface area contributed by atoms with Crippen molar-refractivity contribution in [2.24, 2.45) is 0 Å². The van der Waals surface area contributed by atoms with E-state index in [1.165, 1.54) is 6.07 Å². The minimum Gasteiger partial charge on any atom is -0.477 e. The monoisotopic (exact) mass is 218 g/mol. The zero-order chi connectivity index (χ0) is 12.1. The maximum atomic E-state index is 10.8. The molecule has 1 rings (SSSR count). The number of terminal acetylenes is 1. The molecule has 0 saturated heterocycles. The quantitative estimate of drug-likeness (QED) is 0.780. The number of rotatable bonds is 4. The van der Waals surface area contributed by atoms with Crippen LogP contribution in [0.25, 0.3) is 0 Å². The van der Waals surface area contributed by atoms with Gasteiger partial charge in [-0.25, -0.2) is 9.78 Å². The van der Waals surface area contributed by atoms with Crippen LogP contribution in [0.4, 0.5) is 5.82 Å². The number of hydrogen-bond donors (Lipinski definition) is 1. The van der Waals surface area contributed by atoms with Gasteiger partial charge in [-0.3, -0.25) is 0 Å². The highest BCUT2D eigenvalue weighted by Gasteiger charge is 2.12. The van der Waals surface area contributed by atoms with Crippen LogP contribution in [-0.2, 0) is 0 Å². The predicted molar refractivity (Wildman–Crippen MR) is 62.5 cm³/mol. The van der Waals surface area contributed by atoms with Gasteiger partial charge in [0.25, 0.3) is 0 Å². The molecule has 84 valence electrons.